The molecule has 3 aromatic carbocycles. The Bertz CT molecular complexity index is 1890. The van der Waals surface area contributed by atoms with Crippen LogP contribution in [0.2, 0.25) is 5.02 Å². The summed E-state index contributed by atoms with van der Waals surface area (Å²) in [5, 5.41) is 12.1. The predicted octanol–water partition coefficient (Wildman–Crippen LogP) is 6.76. The van der Waals surface area contributed by atoms with Gasteiger partial charge in [-0.2, -0.15) is 0 Å². The van der Waals surface area contributed by atoms with Crippen molar-refractivity contribution in [3.8, 4) is 28.1 Å². The third kappa shape index (κ3) is 3.47. The van der Waals surface area contributed by atoms with Crippen LogP contribution in [0.3, 0.4) is 0 Å². The molecule has 36 heavy (non-hydrogen) atoms. The lowest BCUT2D eigenvalue weighted by Gasteiger charge is -2.12. The van der Waals surface area contributed by atoms with Crippen LogP contribution < -0.4 is 0 Å². The van der Waals surface area contributed by atoms with Crippen molar-refractivity contribution < 1.29 is 13.5 Å². The molecule has 3 aromatic heterocycles. The number of halogens is 1. The van der Waals surface area contributed by atoms with Crippen LogP contribution in [-0.4, -0.2) is 27.5 Å². The van der Waals surface area contributed by atoms with Crippen LogP contribution in [0.5, 0.6) is 5.75 Å². The Morgan fingerprint density at radius 3 is 2.47 bits per heavy atom. The molecular weight excluding hydrogens is 494 g/mol. The molecule has 0 radical (unpaired) electrons. The molecule has 0 saturated carbocycles. The molecule has 2 N–H and O–H groups in total. The standard InChI is InChI=1S/C28H20ClN3O3S/c1-17-6-9-19(10-7-17)36(34,35)32-26(15-22-24(29)12-13-30-28(22)32)23-16-31-25-11-8-18(14-21(23)25)20-4-2-3-5-27(20)33/h2-16,31,33H,1H3. The Hall–Kier alpha value is -4.07. The van der Waals surface area contributed by atoms with Crippen molar-refractivity contribution in [2.24, 2.45) is 0 Å². The van der Waals surface area contributed by atoms with Gasteiger partial charge in [-0.3, -0.25) is 0 Å². The molecule has 0 unspecified atom stereocenters. The first kappa shape index (κ1) is 22.4. The molecule has 0 atom stereocenters. The Labute approximate surface area is 212 Å². The van der Waals surface area contributed by atoms with Gasteiger partial charge in [-0.1, -0.05) is 53.6 Å². The molecule has 0 spiro atoms. The van der Waals surface area contributed by atoms with E-state index in [0.29, 0.717) is 27.2 Å². The van der Waals surface area contributed by atoms with E-state index in [9.17, 15) is 13.5 Å². The predicted molar refractivity (Wildman–Crippen MR) is 143 cm³/mol. The lowest BCUT2D eigenvalue weighted by atomic mass is 10.0. The van der Waals surface area contributed by atoms with Crippen molar-refractivity contribution in [1.29, 1.82) is 0 Å². The van der Waals surface area contributed by atoms with Crippen molar-refractivity contribution >= 4 is 43.6 Å². The van der Waals surface area contributed by atoms with Crippen LogP contribution in [0.15, 0.2) is 96.2 Å². The third-order valence-corrected chi connectivity index (χ3v) is 8.39. The maximum absolute atomic E-state index is 14.0. The minimum absolute atomic E-state index is 0.156. The van der Waals surface area contributed by atoms with Crippen molar-refractivity contribution in [2.75, 3.05) is 0 Å². The summed E-state index contributed by atoms with van der Waals surface area (Å²) in [5.41, 5.74) is 4.64. The number of hydrogen-bond donors (Lipinski definition) is 2. The largest absolute Gasteiger partial charge is 0.507 e. The van der Waals surface area contributed by atoms with Crippen molar-refractivity contribution in [3.05, 3.63) is 102 Å². The summed E-state index contributed by atoms with van der Waals surface area (Å²) in [6.45, 7) is 1.91. The first-order chi connectivity index (χ1) is 17.3. The number of phenols is 1. The van der Waals surface area contributed by atoms with Crippen LogP contribution in [0, 0.1) is 6.92 Å². The average molecular weight is 514 g/mol. The van der Waals surface area contributed by atoms with E-state index in [2.05, 4.69) is 9.97 Å². The number of aromatic hydroxyl groups is 1. The summed E-state index contributed by atoms with van der Waals surface area (Å²) < 4.78 is 29.2. The lowest BCUT2D eigenvalue weighted by molar-refractivity contribution is 0.477. The van der Waals surface area contributed by atoms with Gasteiger partial charge in [0.25, 0.3) is 10.0 Å². The van der Waals surface area contributed by atoms with Crippen LogP contribution in [0.25, 0.3) is 44.3 Å². The zero-order valence-corrected chi connectivity index (χ0v) is 20.7. The van der Waals surface area contributed by atoms with Crippen LogP contribution in [0.4, 0.5) is 0 Å². The number of aromatic nitrogens is 3. The quantitative estimate of drug-likeness (QED) is 0.273. The second-order valence-corrected chi connectivity index (χ2v) is 10.8. The van der Waals surface area contributed by atoms with Gasteiger partial charge in [-0.15, -0.1) is 0 Å². The smallest absolute Gasteiger partial charge is 0.269 e. The molecule has 178 valence electrons. The van der Waals surface area contributed by atoms with Gasteiger partial charge in [0.05, 0.1) is 15.6 Å². The summed E-state index contributed by atoms with van der Waals surface area (Å²) in [6.07, 6.45) is 3.28. The van der Waals surface area contributed by atoms with E-state index < -0.39 is 10.0 Å². The molecule has 8 heteroatoms. The normalized spacial score (nSPS) is 11.9. The number of H-pyrrole nitrogens is 1. The highest BCUT2D eigenvalue weighted by Gasteiger charge is 2.27. The zero-order valence-electron chi connectivity index (χ0n) is 19.1. The summed E-state index contributed by atoms with van der Waals surface area (Å²) in [4.78, 5) is 7.79. The average Bonchev–Trinajstić information content (AvgIpc) is 3.47. The van der Waals surface area contributed by atoms with E-state index >= 15 is 0 Å². The van der Waals surface area contributed by atoms with E-state index in [1.807, 2.05) is 37.3 Å². The number of hydrogen-bond acceptors (Lipinski definition) is 4. The van der Waals surface area contributed by atoms with E-state index in [0.717, 1.165) is 22.0 Å². The summed E-state index contributed by atoms with van der Waals surface area (Å²) in [7, 11) is -4.01. The third-order valence-electron chi connectivity index (χ3n) is 6.34. The SMILES string of the molecule is Cc1ccc(S(=O)(=O)n2c(-c3c[nH]c4ccc(-c5ccccc5O)cc34)cc3c(Cl)ccnc32)cc1. The Kier molecular flexibility index (Phi) is 5.14. The van der Waals surface area contributed by atoms with Crippen LogP contribution >= 0.6 is 11.6 Å². The Morgan fingerprint density at radius 1 is 0.917 bits per heavy atom. The minimum atomic E-state index is -4.01. The van der Waals surface area contributed by atoms with E-state index in [1.165, 1.54) is 10.2 Å². The van der Waals surface area contributed by atoms with Crippen molar-refractivity contribution in [2.45, 2.75) is 11.8 Å². The second kappa shape index (κ2) is 8.26. The van der Waals surface area contributed by atoms with Gasteiger partial charge in [0.15, 0.2) is 5.65 Å². The fourth-order valence-electron chi connectivity index (χ4n) is 4.51. The first-order valence-electron chi connectivity index (χ1n) is 11.2. The molecule has 6 aromatic rings. The second-order valence-electron chi connectivity index (χ2n) is 8.62. The number of benzene rings is 3. The van der Waals surface area contributed by atoms with Crippen LogP contribution in [0.1, 0.15) is 5.56 Å². The van der Waals surface area contributed by atoms with Gasteiger partial charge in [0.1, 0.15) is 5.75 Å². The van der Waals surface area contributed by atoms with Gasteiger partial charge >= 0.3 is 0 Å². The number of fused-ring (bicyclic) bond motifs is 2. The highest BCUT2D eigenvalue weighted by Crippen LogP contribution is 2.39. The fourth-order valence-corrected chi connectivity index (χ4v) is 6.18. The molecule has 3 heterocycles. The topological polar surface area (TPSA) is 88.0 Å². The summed E-state index contributed by atoms with van der Waals surface area (Å²) in [5.74, 6) is 0.168. The molecule has 0 fully saturated rings. The van der Waals surface area contributed by atoms with E-state index in [-0.39, 0.29) is 16.3 Å². The molecule has 0 aliphatic heterocycles. The molecule has 0 aliphatic rings. The highest BCUT2D eigenvalue weighted by molar-refractivity contribution is 7.90. The molecule has 6 rings (SSSR count). The van der Waals surface area contributed by atoms with Gasteiger partial charge in [-0.25, -0.2) is 17.4 Å². The van der Waals surface area contributed by atoms with Gasteiger partial charge < -0.3 is 10.1 Å². The lowest BCUT2D eigenvalue weighted by Crippen LogP contribution is -2.14. The first-order valence-corrected chi connectivity index (χ1v) is 13.0. The molecule has 0 amide bonds. The molecular formula is C28H20ClN3O3S. The van der Waals surface area contributed by atoms with E-state index in [4.69, 9.17) is 11.6 Å². The van der Waals surface area contributed by atoms with Crippen molar-refractivity contribution in [1.82, 2.24) is 13.9 Å². The van der Waals surface area contributed by atoms with Gasteiger partial charge in [-0.05, 0) is 55.0 Å². The number of nitrogens with zero attached hydrogens (tertiary/aromatic N) is 2. The number of aryl methyl sites for hydroxylation is 1. The van der Waals surface area contributed by atoms with Crippen LogP contribution in [-0.2, 0) is 10.0 Å². The molecule has 0 saturated heterocycles. The zero-order chi connectivity index (χ0) is 25.0. The maximum Gasteiger partial charge on any atom is 0.269 e. The molecule has 0 aliphatic carbocycles. The van der Waals surface area contributed by atoms with Crippen molar-refractivity contribution in [3.63, 3.8) is 0 Å². The van der Waals surface area contributed by atoms with Gasteiger partial charge in [0, 0.05) is 39.8 Å². The monoisotopic (exact) mass is 513 g/mol. The number of para-hydroxylation sites is 1. The number of pyridine rings is 1. The molecule has 6 nitrogen and oxygen atoms in total. The Balaban J connectivity index is 1.65. The Morgan fingerprint density at radius 2 is 1.69 bits per heavy atom. The van der Waals surface area contributed by atoms with Gasteiger partial charge in [0.2, 0.25) is 0 Å². The molecule has 0 bridgehead atoms. The minimum Gasteiger partial charge on any atom is -0.507 e. The van der Waals surface area contributed by atoms with E-state index in [1.54, 1.807) is 54.7 Å². The maximum atomic E-state index is 14.0. The highest BCUT2D eigenvalue weighted by atomic mass is 35.5. The number of rotatable bonds is 4. The number of aromatic amines is 1. The fraction of sp³-hybridized carbons (Fsp3) is 0.0357. The summed E-state index contributed by atoms with van der Waals surface area (Å²) >= 11 is 6.48. The summed E-state index contributed by atoms with van der Waals surface area (Å²) in [6, 6.07) is 23.0. The number of nitrogens with one attached hydrogen (secondary N) is 1. The number of phenolic OH excluding ortho intramolecular Hbond substituents is 1.